The molecule has 0 saturated carbocycles. The fourth-order valence-corrected chi connectivity index (χ4v) is 2.19. The Hall–Kier alpha value is -1.23. The number of nitrogens with one attached hydrogen (secondary N) is 1. The second-order valence-electron chi connectivity index (χ2n) is 3.85. The second kappa shape index (κ2) is 5.91. The molecule has 4 nitrogen and oxygen atoms in total. The molecule has 96 valence electrons. The first-order valence-electron chi connectivity index (χ1n) is 5.57. The van der Waals surface area contributed by atoms with Crippen molar-refractivity contribution in [1.29, 1.82) is 0 Å². The third kappa shape index (κ3) is 4.26. The van der Waals surface area contributed by atoms with Gasteiger partial charge in [-0.1, -0.05) is 6.92 Å². The Morgan fingerprint density at radius 2 is 2.06 bits per heavy atom. The zero-order valence-electron chi connectivity index (χ0n) is 10.5. The van der Waals surface area contributed by atoms with Crippen molar-refractivity contribution >= 4 is 15.5 Å². The monoisotopic (exact) mass is 257 g/mol. The van der Waals surface area contributed by atoms with Crippen LogP contribution in [0.5, 0.6) is 5.75 Å². The molecular formula is C12H19NO3S. The van der Waals surface area contributed by atoms with Crippen LogP contribution in [0.25, 0.3) is 0 Å². The average Bonchev–Trinajstić information content (AvgIpc) is 2.29. The minimum Gasteiger partial charge on any atom is -0.496 e. The van der Waals surface area contributed by atoms with Gasteiger partial charge in [-0.2, -0.15) is 0 Å². The van der Waals surface area contributed by atoms with Crippen molar-refractivity contribution < 1.29 is 13.2 Å². The summed E-state index contributed by atoms with van der Waals surface area (Å²) < 4.78 is 27.7. The van der Waals surface area contributed by atoms with E-state index in [0.717, 1.165) is 17.0 Å². The molecule has 0 heterocycles. The van der Waals surface area contributed by atoms with E-state index >= 15 is 0 Å². The highest BCUT2D eigenvalue weighted by Gasteiger charge is 2.06. The van der Waals surface area contributed by atoms with Gasteiger partial charge in [-0.25, -0.2) is 8.42 Å². The molecule has 1 aromatic rings. The van der Waals surface area contributed by atoms with Gasteiger partial charge < -0.3 is 10.1 Å². The van der Waals surface area contributed by atoms with E-state index in [1.165, 1.54) is 0 Å². The highest BCUT2D eigenvalue weighted by Crippen LogP contribution is 2.21. The highest BCUT2D eigenvalue weighted by molar-refractivity contribution is 7.91. The molecule has 0 radical (unpaired) electrons. The van der Waals surface area contributed by atoms with E-state index in [2.05, 4.69) is 5.32 Å². The Morgan fingerprint density at radius 3 is 2.59 bits per heavy atom. The number of hydrogen-bond acceptors (Lipinski definition) is 4. The van der Waals surface area contributed by atoms with Crippen LogP contribution >= 0.6 is 0 Å². The van der Waals surface area contributed by atoms with Crippen LogP contribution in [0.3, 0.4) is 0 Å². The minimum atomic E-state index is -2.90. The van der Waals surface area contributed by atoms with Gasteiger partial charge in [0, 0.05) is 18.0 Å². The Kier molecular flexibility index (Phi) is 4.81. The van der Waals surface area contributed by atoms with E-state index in [1.54, 1.807) is 14.0 Å². The van der Waals surface area contributed by atoms with Gasteiger partial charge in [-0.3, -0.25) is 0 Å². The van der Waals surface area contributed by atoms with E-state index < -0.39 is 9.84 Å². The number of aryl methyl sites for hydroxylation is 1. The van der Waals surface area contributed by atoms with Gasteiger partial charge in [0.2, 0.25) is 0 Å². The van der Waals surface area contributed by atoms with Gasteiger partial charge in [-0.05, 0) is 30.7 Å². The lowest BCUT2D eigenvalue weighted by molar-refractivity contribution is 0.412. The predicted molar refractivity (Wildman–Crippen MR) is 70.5 cm³/mol. The topological polar surface area (TPSA) is 55.4 Å². The number of rotatable bonds is 6. The standard InChI is InChI=1S/C12H19NO3S/c1-4-17(14,15)8-7-13-11-5-6-12(16-3)10(2)9-11/h5-6,9,13H,4,7-8H2,1-3H3. The molecular weight excluding hydrogens is 238 g/mol. The molecule has 17 heavy (non-hydrogen) atoms. The number of anilines is 1. The van der Waals surface area contributed by atoms with Gasteiger partial charge >= 0.3 is 0 Å². The number of sulfone groups is 1. The lowest BCUT2D eigenvalue weighted by Crippen LogP contribution is -2.17. The molecule has 0 aliphatic heterocycles. The van der Waals surface area contributed by atoms with Crippen molar-refractivity contribution in [2.45, 2.75) is 13.8 Å². The molecule has 0 fully saturated rings. The minimum absolute atomic E-state index is 0.161. The van der Waals surface area contributed by atoms with Gasteiger partial charge in [0.05, 0.1) is 12.9 Å². The zero-order chi connectivity index (χ0) is 12.9. The normalized spacial score (nSPS) is 11.2. The Bertz CT molecular complexity index is 469. The maximum absolute atomic E-state index is 11.3. The highest BCUT2D eigenvalue weighted by atomic mass is 32.2. The van der Waals surface area contributed by atoms with Gasteiger partial charge in [-0.15, -0.1) is 0 Å². The van der Waals surface area contributed by atoms with Crippen molar-refractivity contribution in [2.75, 3.05) is 30.5 Å². The van der Waals surface area contributed by atoms with Crippen LogP contribution in [0, 0.1) is 6.92 Å². The van der Waals surface area contributed by atoms with Crippen LogP contribution in [0.1, 0.15) is 12.5 Å². The third-order valence-electron chi connectivity index (χ3n) is 2.58. The van der Waals surface area contributed by atoms with Crippen molar-refractivity contribution in [1.82, 2.24) is 0 Å². The SMILES string of the molecule is CCS(=O)(=O)CCNc1ccc(OC)c(C)c1. The van der Waals surface area contributed by atoms with E-state index in [0.29, 0.717) is 6.54 Å². The predicted octanol–water partition coefficient (Wildman–Crippen LogP) is 1.85. The maximum Gasteiger partial charge on any atom is 0.151 e. The van der Waals surface area contributed by atoms with Gasteiger partial charge in [0.1, 0.15) is 5.75 Å². The Labute approximate surface area is 103 Å². The van der Waals surface area contributed by atoms with Crippen molar-refractivity contribution in [2.24, 2.45) is 0 Å². The van der Waals surface area contributed by atoms with E-state index in [4.69, 9.17) is 4.74 Å². The van der Waals surface area contributed by atoms with Crippen molar-refractivity contribution in [3.8, 4) is 5.75 Å². The maximum atomic E-state index is 11.3. The van der Waals surface area contributed by atoms with Crippen LogP contribution in [0.15, 0.2) is 18.2 Å². The van der Waals surface area contributed by atoms with Crippen LogP contribution in [-0.4, -0.2) is 33.6 Å². The molecule has 1 aromatic carbocycles. The zero-order valence-corrected chi connectivity index (χ0v) is 11.3. The summed E-state index contributed by atoms with van der Waals surface area (Å²) in [4.78, 5) is 0. The first kappa shape index (κ1) is 13.8. The van der Waals surface area contributed by atoms with Gasteiger partial charge in [0.25, 0.3) is 0 Å². The number of ether oxygens (including phenoxy) is 1. The third-order valence-corrected chi connectivity index (χ3v) is 4.28. The van der Waals surface area contributed by atoms with E-state index in [-0.39, 0.29) is 11.5 Å². The fourth-order valence-electron chi connectivity index (χ4n) is 1.48. The van der Waals surface area contributed by atoms with Crippen LogP contribution in [-0.2, 0) is 9.84 Å². The van der Waals surface area contributed by atoms with Crippen molar-refractivity contribution in [3.63, 3.8) is 0 Å². The molecule has 0 unspecified atom stereocenters. The molecule has 1 N–H and O–H groups in total. The smallest absolute Gasteiger partial charge is 0.151 e. The first-order valence-corrected chi connectivity index (χ1v) is 7.39. The molecule has 0 amide bonds. The summed E-state index contributed by atoms with van der Waals surface area (Å²) in [5, 5.41) is 3.09. The number of methoxy groups -OCH3 is 1. The molecule has 0 saturated heterocycles. The summed E-state index contributed by atoms with van der Waals surface area (Å²) in [6.07, 6.45) is 0. The first-order chi connectivity index (χ1) is 7.98. The molecule has 0 bridgehead atoms. The van der Waals surface area contributed by atoms with Crippen molar-refractivity contribution in [3.05, 3.63) is 23.8 Å². The molecule has 0 aliphatic rings. The quantitative estimate of drug-likeness (QED) is 0.845. The van der Waals surface area contributed by atoms with E-state index in [1.807, 2.05) is 25.1 Å². The molecule has 0 spiro atoms. The fraction of sp³-hybridized carbons (Fsp3) is 0.500. The van der Waals surface area contributed by atoms with E-state index in [9.17, 15) is 8.42 Å². The summed E-state index contributed by atoms with van der Waals surface area (Å²) >= 11 is 0. The summed E-state index contributed by atoms with van der Waals surface area (Å²) in [6, 6.07) is 5.69. The number of hydrogen-bond donors (Lipinski definition) is 1. The largest absolute Gasteiger partial charge is 0.496 e. The summed E-state index contributed by atoms with van der Waals surface area (Å²) in [6.45, 7) is 4.04. The Morgan fingerprint density at radius 1 is 1.35 bits per heavy atom. The lowest BCUT2D eigenvalue weighted by Gasteiger charge is -2.09. The summed E-state index contributed by atoms with van der Waals surface area (Å²) in [5.41, 5.74) is 1.94. The molecule has 0 aliphatic carbocycles. The summed E-state index contributed by atoms with van der Waals surface area (Å²) in [5.74, 6) is 1.18. The second-order valence-corrected chi connectivity index (χ2v) is 6.32. The Balaban J connectivity index is 2.56. The van der Waals surface area contributed by atoms with Crippen LogP contribution in [0.2, 0.25) is 0 Å². The lowest BCUT2D eigenvalue weighted by atomic mass is 10.2. The molecule has 5 heteroatoms. The molecule has 1 rings (SSSR count). The van der Waals surface area contributed by atoms with Crippen LogP contribution in [0.4, 0.5) is 5.69 Å². The van der Waals surface area contributed by atoms with Gasteiger partial charge in [0.15, 0.2) is 9.84 Å². The van der Waals surface area contributed by atoms with Crippen LogP contribution < -0.4 is 10.1 Å². The summed E-state index contributed by atoms with van der Waals surface area (Å²) in [7, 11) is -1.27. The molecule has 0 atom stereocenters. The average molecular weight is 257 g/mol. The number of benzene rings is 1. The molecule has 0 aromatic heterocycles.